The highest BCUT2D eigenvalue weighted by Crippen LogP contribution is 1.92. The van der Waals surface area contributed by atoms with E-state index in [9.17, 15) is 9.59 Å². The van der Waals surface area contributed by atoms with Crippen LogP contribution < -0.4 is 0 Å². The third-order valence-electron chi connectivity index (χ3n) is 2.01. The lowest BCUT2D eigenvalue weighted by Crippen LogP contribution is -2.30. The van der Waals surface area contributed by atoms with Gasteiger partial charge in [-0.2, -0.15) is 0 Å². The first kappa shape index (κ1) is 15.3. The number of carbonyl (C=O) groups is 2. The summed E-state index contributed by atoms with van der Waals surface area (Å²) in [6.07, 6.45) is 0.501. The van der Waals surface area contributed by atoms with Crippen LogP contribution in [-0.4, -0.2) is 37.5 Å². The number of methoxy groups -OCH3 is 1. The summed E-state index contributed by atoms with van der Waals surface area (Å²) in [6, 6.07) is 10.3. The quantitative estimate of drug-likeness (QED) is 0.748. The standard InChI is InChI=1S/C7H8.C6H11NO3/c1-7-5-3-2-4-6-7;1-6(9)7(5-8)3-4-10-2/h2-6H,1H3;5H,3-4H2,1-2H3. The molecule has 1 aromatic carbocycles. The van der Waals surface area contributed by atoms with E-state index in [2.05, 4.69) is 23.8 Å². The smallest absolute Gasteiger partial charge is 0.225 e. The van der Waals surface area contributed by atoms with Crippen LogP contribution in [0.3, 0.4) is 0 Å². The van der Waals surface area contributed by atoms with Crippen LogP contribution in [-0.2, 0) is 14.3 Å². The van der Waals surface area contributed by atoms with E-state index in [1.54, 1.807) is 0 Å². The van der Waals surface area contributed by atoms with E-state index in [4.69, 9.17) is 0 Å². The zero-order chi connectivity index (χ0) is 13.1. The third kappa shape index (κ3) is 8.16. The van der Waals surface area contributed by atoms with Gasteiger partial charge in [0.05, 0.1) is 13.2 Å². The summed E-state index contributed by atoms with van der Waals surface area (Å²) in [4.78, 5) is 21.7. The first-order chi connectivity index (χ1) is 8.11. The lowest BCUT2D eigenvalue weighted by Gasteiger charge is -2.10. The van der Waals surface area contributed by atoms with Crippen LogP contribution in [0.5, 0.6) is 0 Å². The average Bonchev–Trinajstić information content (AvgIpc) is 2.31. The molecule has 1 rings (SSSR count). The van der Waals surface area contributed by atoms with Gasteiger partial charge in [-0.15, -0.1) is 0 Å². The maximum absolute atomic E-state index is 10.5. The van der Waals surface area contributed by atoms with Crippen molar-refractivity contribution in [3.8, 4) is 0 Å². The van der Waals surface area contributed by atoms with Crippen LogP contribution in [0, 0.1) is 6.92 Å². The minimum atomic E-state index is -0.257. The molecular formula is C13H19NO3. The molecule has 0 radical (unpaired) electrons. The summed E-state index contributed by atoms with van der Waals surface area (Å²) < 4.78 is 4.67. The van der Waals surface area contributed by atoms with Crippen LogP contribution in [0.2, 0.25) is 0 Å². The molecular weight excluding hydrogens is 218 g/mol. The number of benzene rings is 1. The molecule has 4 nitrogen and oxygen atoms in total. The Labute approximate surface area is 102 Å². The largest absolute Gasteiger partial charge is 0.383 e. The van der Waals surface area contributed by atoms with Crippen molar-refractivity contribution < 1.29 is 14.3 Å². The molecule has 94 valence electrons. The second-order valence-electron chi connectivity index (χ2n) is 3.47. The lowest BCUT2D eigenvalue weighted by molar-refractivity contribution is -0.137. The molecule has 0 aliphatic rings. The highest BCUT2D eigenvalue weighted by molar-refractivity contribution is 5.83. The van der Waals surface area contributed by atoms with Gasteiger partial charge in [-0.1, -0.05) is 35.9 Å². The second-order valence-corrected chi connectivity index (χ2v) is 3.47. The number of rotatable bonds is 4. The second kappa shape index (κ2) is 9.54. The minimum Gasteiger partial charge on any atom is -0.383 e. The maximum Gasteiger partial charge on any atom is 0.225 e. The number of aryl methyl sites for hydroxylation is 1. The van der Waals surface area contributed by atoms with E-state index in [0.29, 0.717) is 19.6 Å². The van der Waals surface area contributed by atoms with Crippen molar-refractivity contribution in [1.29, 1.82) is 0 Å². The number of hydrogen-bond acceptors (Lipinski definition) is 3. The summed E-state index contributed by atoms with van der Waals surface area (Å²) >= 11 is 0. The molecule has 0 aliphatic carbocycles. The van der Waals surface area contributed by atoms with Crippen molar-refractivity contribution in [1.82, 2.24) is 4.90 Å². The fraction of sp³-hybridized carbons (Fsp3) is 0.385. The summed E-state index contributed by atoms with van der Waals surface area (Å²) in [7, 11) is 1.52. The Morgan fingerprint density at radius 3 is 2.24 bits per heavy atom. The van der Waals surface area contributed by atoms with Gasteiger partial charge in [-0.05, 0) is 6.92 Å². The Bertz CT molecular complexity index is 325. The maximum atomic E-state index is 10.5. The predicted molar refractivity (Wildman–Crippen MR) is 66.5 cm³/mol. The Balaban J connectivity index is 0.000000318. The average molecular weight is 237 g/mol. The minimum absolute atomic E-state index is 0.257. The zero-order valence-electron chi connectivity index (χ0n) is 10.6. The molecule has 0 aliphatic heterocycles. The Morgan fingerprint density at radius 2 is 1.94 bits per heavy atom. The van der Waals surface area contributed by atoms with Crippen LogP contribution in [0.1, 0.15) is 12.5 Å². The Hall–Kier alpha value is -1.68. The number of carbonyl (C=O) groups excluding carboxylic acids is 2. The van der Waals surface area contributed by atoms with Gasteiger partial charge in [0.25, 0.3) is 0 Å². The first-order valence-electron chi connectivity index (χ1n) is 5.35. The Kier molecular flexibility index (Phi) is 8.60. The van der Waals surface area contributed by atoms with E-state index in [0.717, 1.165) is 4.90 Å². The van der Waals surface area contributed by atoms with E-state index in [1.807, 2.05) is 18.2 Å². The number of imide groups is 1. The normalized spacial score (nSPS) is 8.88. The van der Waals surface area contributed by atoms with Crippen molar-refractivity contribution in [2.45, 2.75) is 13.8 Å². The summed E-state index contributed by atoms with van der Waals surface area (Å²) in [5.41, 5.74) is 1.32. The van der Waals surface area contributed by atoms with Crippen LogP contribution >= 0.6 is 0 Å². The molecule has 0 aromatic heterocycles. The lowest BCUT2D eigenvalue weighted by atomic mass is 10.2. The van der Waals surface area contributed by atoms with Gasteiger partial charge >= 0.3 is 0 Å². The van der Waals surface area contributed by atoms with Crippen molar-refractivity contribution in [2.75, 3.05) is 20.3 Å². The van der Waals surface area contributed by atoms with Crippen LogP contribution in [0.25, 0.3) is 0 Å². The molecule has 2 amide bonds. The highest BCUT2D eigenvalue weighted by Gasteiger charge is 2.04. The van der Waals surface area contributed by atoms with Gasteiger partial charge in [0, 0.05) is 14.0 Å². The van der Waals surface area contributed by atoms with E-state index in [1.165, 1.54) is 19.6 Å². The molecule has 0 saturated heterocycles. The van der Waals surface area contributed by atoms with Crippen molar-refractivity contribution in [3.63, 3.8) is 0 Å². The van der Waals surface area contributed by atoms with Gasteiger partial charge in [-0.25, -0.2) is 0 Å². The zero-order valence-corrected chi connectivity index (χ0v) is 10.6. The SMILES string of the molecule is COCCN(C=O)C(C)=O.Cc1ccccc1. The first-order valence-corrected chi connectivity index (χ1v) is 5.35. The molecule has 4 heteroatoms. The van der Waals surface area contributed by atoms with Gasteiger partial charge < -0.3 is 4.74 Å². The molecule has 0 fully saturated rings. The van der Waals surface area contributed by atoms with Crippen LogP contribution in [0.15, 0.2) is 30.3 Å². The monoisotopic (exact) mass is 237 g/mol. The van der Waals surface area contributed by atoms with Gasteiger partial charge in [-0.3, -0.25) is 14.5 Å². The number of amides is 2. The van der Waals surface area contributed by atoms with Crippen molar-refractivity contribution >= 4 is 12.3 Å². The number of ether oxygens (including phenoxy) is 1. The summed E-state index contributed by atoms with van der Waals surface area (Å²) in [5.74, 6) is -0.257. The van der Waals surface area contributed by atoms with Crippen molar-refractivity contribution in [3.05, 3.63) is 35.9 Å². The van der Waals surface area contributed by atoms with E-state index >= 15 is 0 Å². The summed E-state index contributed by atoms with van der Waals surface area (Å²) in [5, 5.41) is 0. The molecule has 0 N–H and O–H groups in total. The molecule has 0 atom stereocenters. The number of hydrogen-bond donors (Lipinski definition) is 0. The number of nitrogens with zero attached hydrogens (tertiary/aromatic N) is 1. The highest BCUT2D eigenvalue weighted by atomic mass is 16.5. The van der Waals surface area contributed by atoms with E-state index < -0.39 is 0 Å². The fourth-order valence-electron chi connectivity index (χ4n) is 1.01. The molecule has 17 heavy (non-hydrogen) atoms. The Morgan fingerprint density at radius 1 is 1.35 bits per heavy atom. The summed E-state index contributed by atoms with van der Waals surface area (Å²) in [6.45, 7) is 4.14. The molecule has 0 heterocycles. The molecule has 1 aromatic rings. The molecule has 0 spiro atoms. The van der Waals surface area contributed by atoms with Crippen LogP contribution in [0.4, 0.5) is 0 Å². The topological polar surface area (TPSA) is 46.6 Å². The fourth-order valence-corrected chi connectivity index (χ4v) is 1.01. The molecule has 0 unspecified atom stereocenters. The third-order valence-corrected chi connectivity index (χ3v) is 2.01. The van der Waals surface area contributed by atoms with Gasteiger partial charge in [0.15, 0.2) is 0 Å². The van der Waals surface area contributed by atoms with Gasteiger partial charge in [0.1, 0.15) is 0 Å². The van der Waals surface area contributed by atoms with E-state index in [-0.39, 0.29) is 5.91 Å². The molecule has 0 saturated carbocycles. The molecule has 0 bridgehead atoms. The van der Waals surface area contributed by atoms with Gasteiger partial charge in [0.2, 0.25) is 12.3 Å². The predicted octanol–water partition coefficient (Wildman–Crippen LogP) is 1.63. The van der Waals surface area contributed by atoms with Crippen molar-refractivity contribution in [2.24, 2.45) is 0 Å².